The number of aromatic hydroxyl groups is 1. The monoisotopic (exact) mass is 324 g/mol. The third-order valence-corrected chi connectivity index (χ3v) is 4.82. The first-order valence-electron chi connectivity index (χ1n) is 8.42. The summed E-state index contributed by atoms with van der Waals surface area (Å²) in [6.45, 7) is 6.74. The van der Waals surface area contributed by atoms with Gasteiger partial charge in [-0.1, -0.05) is 23.8 Å². The highest BCUT2D eigenvalue weighted by Gasteiger charge is 2.15. The molecule has 0 unspecified atom stereocenters. The summed E-state index contributed by atoms with van der Waals surface area (Å²) in [5.74, 6) is 0.800. The summed E-state index contributed by atoms with van der Waals surface area (Å²) in [5, 5.41) is 13.5. The van der Waals surface area contributed by atoms with Gasteiger partial charge in [0.15, 0.2) is 0 Å². The largest absolute Gasteiger partial charge is 0.508 e. The molecule has 1 amide bonds. The quantitative estimate of drug-likeness (QED) is 0.732. The summed E-state index contributed by atoms with van der Waals surface area (Å²) in [6, 6.07) is 5.14. The lowest BCUT2D eigenvalue weighted by Gasteiger charge is -2.22. The third-order valence-electron chi connectivity index (χ3n) is 4.82. The third kappa shape index (κ3) is 3.70. The molecule has 4 nitrogen and oxygen atoms in total. The van der Waals surface area contributed by atoms with Crippen LogP contribution in [0.15, 0.2) is 48.2 Å². The van der Waals surface area contributed by atoms with Crippen molar-refractivity contribution >= 4 is 16.8 Å². The Bertz CT molecular complexity index is 801. The van der Waals surface area contributed by atoms with Gasteiger partial charge in [-0.2, -0.15) is 0 Å². The number of rotatable bonds is 5. The van der Waals surface area contributed by atoms with Crippen molar-refractivity contribution in [1.82, 2.24) is 10.3 Å². The van der Waals surface area contributed by atoms with Crippen LogP contribution in [-0.4, -0.2) is 22.5 Å². The molecule has 1 aliphatic carbocycles. The number of carbonyl (C=O) groups is 1. The zero-order valence-electron chi connectivity index (χ0n) is 14.1. The summed E-state index contributed by atoms with van der Waals surface area (Å²) in [5.41, 5.74) is 4.38. The summed E-state index contributed by atoms with van der Waals surface area (Å²) in [6.07, 6.45) is 7.57. The number of H-pyrrole nitrogens is 1. The second kappa shape index (κ2) is 6.95. The van der Waals surface area contributed by atoms with Gasteiger partial charge in [0, 0.05) is 23.6 Å². The molecule has 126 valence electrons. The molecule has 24 heavy (non-hydrogen) atoms. The van der Waals surface area contributed by atoms with E-state index in [2.05, 4.69) is 29.9 Å². The first-order valence-corrected chi connectivity index (χ1v) is 8.42. The standard InChI is InChI=1S/C20H24N2O2/c1-13(2)15-5-3-14(4-6-15)11-22-20(24)9-16-12-21-19-8-7-17(23)10-18(16)19/h3,7-8,10,12,15,21,23H,1,4-6,9,11H2,2H3,(H,22,24)/t15-/m0/s1. The Morgan fingerprint density at radius 3 is 3.00 bits per heavy atom. The van der Waals surface area contributed by atoms with Crippen molar-refractivity contribution in [3.8, 4) is 5.75 Å². The highest BCUT2D eigenvalue weighted by atomic mass is 16.3. The summed E-state index contributed by atoms with van der Waals surface area (Å²) >= 11 is 0. The molecule has 0 radical (unpaired) electrons. The Hall–Kier alpha value is -2.49. The molecule has 1 aromatic heterocycles. The van der Waals surface area contributed by atoms with Crippen LogP contribution in [0.25, 0.3) is 10.9 Å². The lowest BCUT2D eigenvalue weighted by Crippen LogP contribution is -2.28. The number of carbonyl (C=O) groups excluding carboxylic acids is 1. The SMILES string of the molecule is C=C(C)[C@H]1CC=C(CNC(=O)Cc2c[nH]c3ccc(O)cc23)CC1. The number of aromatic amines is 1. The predicted octanol–water partition coefficient (Wildman–Crippen LogP) is 3.83. The molecule has 1 heterocycles. The van der Waals surface area contributed by atoms with E-state index in [0.717, 1.165) is 35.7 Å². The second-order valence-electron chi connectivity index (χ2n) is 6.68. The molecule has 3 N–H and O–H groups in total. The van der Waals surface area contributed by atoms with E-state index in [0.29, 0.717) is 18.9 Å². The summed E-state index contributed by atoms with van der Waals surface area (Å²) in [7, 11) is 0. The molecule has 0 fully saturated rings. The number of hydrogen-bond acceptors (Lipinski definition) is 2. The summed E-state index contributed by atoms with van der Waals surface area (Å²) < 4.78 is 0. The first-order chi connectivity index (χ1) is 11.5. The Labute approximate surface area is 142 Å². The fourth-order valence-corrected chi connectivity index (χ4v) is 3.26. The maximum absolute atomic E-state index is 12.2. The number of phenolic OH excluding ortho intramolecular Hbond substituents is 1. The van der Waals surface area contributed by atoms with Gasteiger partial charge in [0.2, 0.25) is 5.91 Å². The van der Waals surface area contributed by atoms with E-state index >= 15 is 0 Å². The van der Waals surface area contributed by atoms with Crippen LogP contribution in [0.3, 0.4) is 0 Å². The van der Waals surface area contributed by atoms with E-state index in [4.69, 9.17) is 0 Å². The molecular weight excluding hydrogens is 300 g/mol. The van der Waals surface area contributed by atoms with Gasteiger partial charge in [-0.25, -0.2) is 0 Å². The van der Waals surface area contributed by atoms with Crippen LogP contribution in [-0.2, 0) is 11.2 Å². The fourth-order valence-electron chi connectivity index (χ4n) is 3.26. The van der Waals surface area contributed by atoms with Crippen molar-refractivity contribution in [2.75, 3.05) is 6.54 Å². The molecule has 4 heteroatoms. The first kappa shape index (κ1) is 16.4. The van der Waals surface area contributed by atoms with Gasteiger partial charge >= 0.3 is 0 Å². The van der Waals surface area contributed by atoms with E-state index in [-0.39, 0.29) is 11.7 Å². The van der Waals surface area contributed by atoms with E-state index in [1.54, 1.807) is 12.1 Å². The topological polar surface area (TPSA) is 65.1 Å². The number of benzene rings is 1. The Balaban J connectivity index is 1.56. The van der Waals surface area contributed by atoms with Gasteiger partial charge in [0.1, 0.15) is 5.75 Å². The van der Waals surface area contributed by atoms with Gasteiger partial charge in [-0.15, -0.1) is 0 Å². The predicted molar refractivity (Wildman–Crippen MR) is 96.9 cm³/mol. The van der Waals surface area contributed by atoms with Crippen LogP contribution in [0.2, 0.25) is 0 Å². The molecular formula is C20H24N2O2. The van der Waals surface area contributed by atoms with E-state index in [1.807, 2.05) is 12.3 Å². The smallest absolute Gasteiger partial charge is 0.224 e. The maximum Gasteiger partial charge on any atom is 0.224 e. The zero-order valence-corrected chi connectivity index (χ0v) is 14.1. The van der Waals surface area contributed by atoms with Crippen molar-refractivity contribution in [1.29, 1.82) is 0 Å². The maximum atomic E-state index is 12.2. The highest BCUT2D eigenvalue weighted by Crippen LogP contribution is 2.28. The second-order valence-corrected chi connectivity index (χ2v) is 6.68. The molecule has 2 aromatic rings. The Morgan fingerprint density at radius 2 is 2.29 bits per heavy atom. The molecule has 0 aliphatic heterocycles. The van der Waals surface area contributed by atoms with E-state index in [1.165, 1.54) is 11.1 Å². The van der Waals surface area contributed by atoms with Crippen molar-refractivity contribution in [3.05, 3.63) is 53.8 Å². The van der Waals surface area contributed by atoms with Gasteiger partial charge < -0.3 is 15.4 Å². The minimum absolute atomic E-state index is 0.00201. The minimum atomic E-state index is 0.00201. The van der Waals surface area contributed by atoms with E-state index < -0.39 is 0 Å². The molecule has 0 saturated carbocycles. The van der Waals surface area contributed by atoms with Crippen molar-refractivity contribution in [3.63, 3.8) is 0 Å². The van der Waals surface area contributed by atoms with Crippen LogP contribution < -0.4 is 5.32 Å². The Morgan fingerprint density at radius 1 is 1.46 bits per heavy atom. The molecule has 0 spiro atoms. The van der Waals surface area contributed by atoms with Crippen LogP contribution >= 0.6 is 0 Å². The highest BCUT2D eigenvalue weighted by molar-refractivity contribution is 5.89. The zero-order chi connectivity index (χ0) is 17.1. The molecule has 0 saturated heterocycles. The number of aromatic nitrogens is 1. The molecule has 1 aromatic carbocycles. The molecule has 1 aliphatic rings. The normalized spacial score (nSPS) is 17.5. The average molecular weight is 324 g/mol. The number of phenols is 1. The van der Waals surface area contributed by atoms with Crippen LogP contribution in [0, 0.1) is 5.92 Å². The lowest BCUT2D eigenvalue weighted by atomic mass is 9.85. The molecule has 0 bridgehead atoms. The average Bonchev–Trinajstić information content (AvgIpc) is 2.95. The van der Waals surface area contributed by atoms with Crippen LogP contribution in [0.1, 0.15) is 31.7 Å². The number of hydrogen-bond donors (Lipinski definition) is 3. The van der Waals surface area contributed by atoms with Gasteiger partial charge in [0.25, 0.3) is 0 Å². The Kier molecular flexibility index (Phi) is 4.74. The van der Waals surface area contributed by atoms with E-state index in [9.17, 15) is 9.90 Å². The summed E-state index contributed by atoms with van der Waals surface area (Å²) in [4.78, 5) is 15.4. The van der Waals surface area contributed by atoms with Crippen molar-refractivity contribution in [2.45, 2.75) is 32.6 Å². The number of amides is 1. The fraction of sp³-hybridized carbons (Fsp3) is 0.350. The molecule has 1 atom stereocenters. The minimum Gasteiger partial charge on any atom is -0.508 e. The van der Waals surface area contributed by atoms with Gasteiger partial charge in [0.05, 0.1) is 6.42 Å². The lowest BCUT2D eigenvalue weighted by molar-refractivity contribution is -0.120. The van der Waals surface area contributed by atoms with Gasteiger partial charge in [-0.05, 0) is 55.9 Å². The number of allylic oxidation sites excluding steroid dienone is 2. The van der Waals surface area contributed by atoms with Crippen LogP contribution in [0.4, 0.5) is 0 Å². The number of nitrogens with one attached hydrogen (secondary N) is 2. The van der Waals surface area contributed by atoms with Gasteiger partial charge in [-0.3, -0.25) is 4.79 Å². The molecule has 3 rings (SSSR count). The van der Waals surface area contributed by atoms with Crippen molar-refractivity contribution < 1.29 is 9.90 Å². The van der Waals surface area contributed by atoms with Crippen molar-refractivity contribution in [2.24, 2.45) is 5.92 Å². The number of fused-ring (bicyclic) bond motifs is 1. The van der Waals surface area contributed by atoms with Crippen LogP contribution in [0.5, 0.6) is 5.75 Å².